The van der Waals surface area contributed by atoms with Crippen LogP contribution in [-0.4, -0.2) is 37.0 Å². The number of imidazole rings is 1. The standard InChI is InChI=1S/C14H20N4O4S/c1-6-22-9(19)7-23-13-15-11-10(18(13)8(2)3)12(20)17(5)14(21)16(11)4/h8H,6-7H2,1-5H3. The molecule has 0 aliphatic carbocycles. The van der Waals surface area contributed by atoms with E-state index in [9.17, 15) is 14.4 Å². The number of hydrogen-bond acceptors (Lipinski definition) is 6. The van der Waals surface area contributed by atoms with Crippen molar-refractivity contribution in [3.8, 4) is 0 Å². The number of rotatable bonds is 5. The number of aromatic nitrogens is 4. The first-order chi connectivity index (χ1) is 10.8. The van der Waals surface area contributed by atoms with Gasteiger partial charge in [-0.25, -0.2) is 9.78 Å². The fourth-order valence-corrected chi connectivity index (χ4v) is 3.22. The second kappa shape index (κ2) is 6.61. The lowest BCUT2D eigenvalue weighted by atomic mass is 10.4. The predicted molar refractivity (Wildman–Crippen MR) is 88.0 cm³/mol. The van der Waals surface area contributed by atoms with Crippen molar-refractivity contribution < 1.29 is 9.53 Å². The number of fused-ring (bicyclic) bond motifs is 1. The number of thioether (sulfide) groups is 1. The maximum Gasteiger partial charge on any atom is 0.332 e. The highest BCUT2D eigenvalue weighted by molar-refractivity contribution is 7.99. The van der Waals surface area contributed by atoms with Crippen LogP contribution in [0.3, 0.4) is 0 Å². The Hall–Kier alpha value is -2.03. The van der Waals surface area contributed by atoms with Gasteiger partial charge in [-0.1, -0.05) is 11.8 Å². The molecule has 0 N–H and O–H groups in total. The van der Waals surface area contributed by atoms with Gasteiger partial charge in [0.1, 0.15) is 0 Å². The van der Waals surface area contributed by atoms with Crippen molar-refractivity contribution in [2.75, 3.05) is 12.4 Å². The van der Waals surface area contributed by atoms with Gasteiger partial charge >= 0.3 is 11.7 Å². The molecular weight excluding hydrogens is 320 g/mol. The Kier molecular flexibility index (Phi) is 4.98. The molecule has 0 bridgehead atoms. The molecule has 0 saturated heterocycles. The molecule has 23 heavy (non-hydrogen) atoms. The molecule has 8 nitrogen and oxygen atoms in total. The fourth-order valence-electron chi connectivity index (χ4n) is 2.30. The van der Waals surface area contributed by atoms with Gasteiger partial charge in [0.2, 0.25) is 0 Å². The second-order valence-corrected chi connectivity index (χ2v) is 6.27. The first kappa shape index (κ1) is 17.3. The van der Waals surface area contributed by atoms with Crippen molar-refractivity contribution in [2.24, 2.45) is 14.1 Å². The van der Waals surface area contributed by atoms with Crippen molar-refractivity contribution in [2.45, 2.75) is 32.0 Å². The summed E-state index contributed by atoms with van der Waals surface area (Å²) in [6, 6.07) is -0.0464. The van der Waals surface area contributed by atoms with Crippen LogP contribution in [0.2, 0.25) is 0 Å². The molecule has 9 heteroatoms. The smallest absolute Gasteiger partial charge is 0.332 e. The van der Waals surface area contributed by atoms with E-state index < -0.39 is 11.2 Å². The van der Waals surface area contributed by atoms with Gasteiger partial charge in [0, 0.05) is 20.1 Å². The average molecular weight is 340 g/mol. The molecule has 2 aromatic heterocycles. The Morgan fingerprint density at radius 3 is 2.48 bits per heavy atom. The van der Waals surface area contributed by atoms with Crippen molar-refractivity contribution >= 4 is 28.9 Å². The van der Waals surface area contributed by atoms with E-state index in [2.05, 4.69) is 4.98 Å². The molecule has 0 fully saturated rings. The minimum absolute atomic E-state index is 0.0464. The zero-order chi connectivity index (χ0) is 17.3. The minimum Gasteiger partial charge on any atom is -0.465 e. The number of aryl methyl sites for hydroxylation is 1. The van der Waals surface area contributed by atoms with Crippen molar-refractivity contribution in [3.05, 3.63) is 20.8 Å². The maximum absolute atomic E-state index is 12.5. The number of ether oxygens (including phenoxy) is 1. The van der Waals surface area contributed by atoms with Crippen LogP contribution in [0.15, 0.2) is 14.7 Å². The first-order valence-corrected chi connectivity index (χ1v) is 8.24. The molecule has 2 aromatic rings. The number of carbonyl (C=O) groups is 1. The van der Waals surface area contributed by atoms with E-state index in [4.69, 9.17) is 4.74 Å². The van der Waals surface area contributed by atoms with Crippen molar-refractivity contribution in [3.63, 3.8) is 0 Å². The predicted octanol–water partition coefficient (Wildman–Crippen LogP) is 0.670. The third-order valence-electron chi connectivity index (χ3n) is 3.40. The van der Waals surface area contributed by atoms with Gasteiger partial charge in [-0.05, 0) is 20.8 Å². The van der Waals surface area contributed by atoms with Gasteiger partial charge in [-0.15, -0.1) is 0 Å². The molecule has 126 valence electrons. The van der Waals surface area contributed by atoms with Gasteiger partial charge < -0.3 is 9.30 Å². The highest BCUT2D eigenvalue weighted by Gasteiger charge is 2.21. The normalized spacial score (nSPS) is 11.4. The van der Waals surface area contributed by atoms with E-state index >= 15 is 0 Å². The van der Waals surface area contributed by atoms with Crippen LogP contribution in [-0.2, 0) is 23.6 Å². The number of esters is 1. The van der Waals surface area contributed by atoms with E-state index in [1.165, 1.54) is 23.4 Å². The monoisotopic (exact) mass is 340 g/mol. The minimum atomic E-state index is -0.433. The molecule has 0 atom stereocenters. The lowest BCUT2D eigenvalue weighted by Crippen LogP contribution is -2.37. The molecule has 0 aliphatic heterocycles. The lowest BCUT2D eigenvalue weighted by molar-refractivity contribution is -0.139. The summed E-state index contributed by atoms with van der Waals surface area (Å²) < 4.78 is 9.05. The summed E-state index contributed by atoms with van der Waals surface area (Å²) in [4.78, 5) is 40.5. The third-order valence-corrected chi connectivity index (χ3v) is 4.33. The molecule has 0 unspecified atom stereocenters. The summed E-state index contributed by atoms with van der Waals surface area (Å²) in [6.45, 7) is 5.89. The van der Waals surface area contributed by atoms with Crippen LogP contribution >= 0.6 is 11.8 Å². The van der Waals surface area contributed by atoms with Crippen molar-refractivity contribution in [1.82, 2.24) is 18.7 Å². The molecule has 0 spiro atoms. The third kappa shape index (κ3) is 3.05. The lowest BCUT2D eigenvalue weighted by Gasteiger charge is -2.12. The molecule has 0 amide bonds. The molecule has 0 radical (unpaired) electrons. The number of hydrogen-bond donors (Lipinski definition) is 0. The topological polar surface area (TPSA) is 88.1 Å². The van der Waals surface area contributed by atoms with E-state index in [0.29, 0.717) is 22.9 Å². The highest BCUT2D eigenvalue weighted by Crippen LogP contribution is 2.25. The fraction of sp³-hybridized carbons (Fsp3) is 0.571. The van der Waals surface area contributed by atoms with Crippen LogP contribution in [0.25, 0.3) is 11.2 Å². The van der Waals surface area contributed by atoms with Crippen LogP contribution in [0, 0.1) is 0 Å². The van der Waals surface area contributed by atoms with Gasteiger partial charge in [0.15, 0.2) is 16.3 Å². The van der Waals surface area contributed by atoms with Crippen molar-refractivity contribution in [1.29, 1.82) is 0 Å². The zero-order valence-electron chi connectivity index (χ0n) is 13.8. The summed E-state index contributed by atoms with van der Waals surface area (Å²) in [6.07, 6.45) is 0. The molecule has 0 saturated carbocycles. The summed E-state index contributed by atoms with van der Waals surface area (Å²) in [5.41, 5.74) is -0.153. The van der Waals surface area contributed by atoms with Crippen LogP contribution in [0.5, 0.6) is 0 Å². The van der Waals surface area contributed by atoms with Gasteiger partial charge in [-0.2, -0.15) is 0 Å². The molecule has 0 aromatic carbocycles. The van der Waals surface area contributed by atoms with Crippen LogP contribution < -0.4 is 11.2 Å². The SMILES string of the molecule is CCOC(=O)CSc1nc2c(c(=O)n(C)c(=O)n2C)n1C(C)C. The summed E-state index contributed by atoms with van der Waals surface area (Å²) >= 11 is 1.19. The van der Waals surface area contributed by atoms with Gasteiger partial charge in [-0.3, -0.25) is 18.7 Å². The summed E-state index contributed by atoms with van der Waals surface area (Å²) in [7, 11) is 3.01. The maximum atomic E-state index is 12.5. The highest BCUT2D eigenvalue weighted by atomic mass is 32.2. The van der Waals surface area contributed by atoms with Gasteiger partial charge in [0.05, 0.1) is 12.4 Å². The largest absolute Gasteiger partial charge is 0.465 e. The van der Waals surface area contributed by atoms with Crippen LogP contribution in [0.4, 0.5) is 0 Å². The van der Waals surface area contributed by atoms with E-state index in [-0.39, 0.29) is 17.8 Å². The van der Waals surface area contributed by atoms with Gasteiger partial charge in [0.25, 0.3) is 5.56 Å². The Morgan fingerprint density at radius 1 is 1.26 bits per heavy atom. The molecular formula is C14H20N4O4S. The average Bonchev–Trinajstić information content (AvgIpc) is 2.89. The van der Waals surface area contributed by atoms with E-state index in [1.807, 2.05) is 13.8 Å². The molecule has 2 heterocycles. The zero-order valence-corrected chi connectivity index (χ0v) is 14.6. The van der Waals surface area contributed by atoms with Crippen LogP contribution in [0.1, 0.15) is 26.8 Å². The Morgan fingerprint density at radius 2 is 1.91 bits per heavy atom. The molecule has 0 aliphatic rings. The molecule has 2 rings (SSSR count). The van der Waals surface area contributed by atoms with E-state index in [1.54, 1.807) is 18.5 Å². The summed E-state index contributed by atoms with van der Waals surface area (Å²) in [5.74, 6) is -0.250. The number of nitrogens with zero attached hydrogens (tertiary/aromatic N) is 4. The first-order valence-electron chi connectivity index (χ1n) is 7.25. The Labute approximate surface area is 137 Å². The summed E-state index contributed by atoms with van der Waals surface area (Å²) in [5, 5.41) is 0.515. The quantitative estimate of drug-likeness (QED) is 0.587. The Balaban J connectivity index is 2.62. The van der Waals surface area contributed by atoms with E-state index in [0.717, 1.165) is 4.57 Å². The number of carbonyl (C=O) groups excluding carboxylic acids is 1. The second-order valence-electron chi connectivity index (χ2n) is 5.33. The Bertz CT molecular complexity index is 862.